The molecule has 41 nitrogen and oxygen atoms in total. The van der Waals surface area contributed by atoms with Gasteiger partial charge in [-0.1, -0.05) is 27.7 Å². The summed E-state index contributed by atoms with van der Waals surface area (Å²) >= 11 is 0. The molecule has 2 fully saturated rings. The number of carboxylic acid groups (broad SMARTS) is 5. The summed E-state index contributed by atoms with van der Waals surface area (Å²) in [6.45, 7) is 11.3. The van der Waals surface area contributed by atoms with E-state index in [0.717, 1.165) is 6.92 Å². The smallest absolute Gasteiger partial charge is 0.326 e. The summed E-state index contributed by atoms with van der Waals surface area (Å²) < 4.78 is 0. The van der Waals surface area contributed by atoms with E-state index in [1.165, 1.54) is 30.6 Å². The van der Waals surface area contributed by atoms with Gasteiger partial charge < -0.3 is 116 Å². The zero-order valence-electron chi connectivity index (χ0n) is 62.3. The van der Waals surface area contributed by atoms with Crippen molar-refractivity contribution in [2.24, 2.45) is 29.0 Å². The molecule has 0 aliphatic carbocycles. The standard InChI is InChI=1S/C67H111N17O24/c1-33(2)31-45(81-63(103)46-17-14-30-84(46)66(106)53(34(3)4)82-64(104)47-18-13-29-83(47)65(105)43(21-25-51(90)91)79-54(94)35(5)70)62(102)78-42(20-24-50(88)89)61(101)74-37(7)56(96)77-41(19-23-49(86)87)60(100)73-36(6)55(95)76-39(15-9-11-27-68)58(98)71-32-48(85)75-40(16-10-12-28-69)59(99)72-38(8)57(97)80-44(67(107)108)22-26-52(92)93/h33-47,53H,9-32,68-70H2,1-8H3,(H,71,98)(H,72,99)(H,73,100)(H,74,101)(H,75,85)(H,76,95)(H,77,96)(H,78,102)(H,79,94)(H,80,97)(H,81,103)(H,82,104)(H,86,87)(H,88,89)(H,90,91)(H,92,93)(H,107,108)/t35-,36-,37-,38-,39-,40-,41-,42-,43-,44-,45-,46-,47-,53-/m0/s1. The van der Waals surface area contributed by atoms with E-state index in [9.17, 15) is 112 Å². The molecule has 2 heterocycles. The highest BCUT2D eigenvalue weighted by Crippen LogP contribution is 2.24. The van der Waals surface area contributed by atoms with Gasteiger partial charge in [-0.15, -0.1) is 0 Å². The van der Waals surface area contributed by atoms with E-state index in [4.69, 9.17) is 22.3 Å². The van der Waals surface area contributed by atoms with Gasteiger partial charge in [0, 0.05) is 38.8 Å². The lowest BCUT2D eigenvalue weighted by Crippen LogP contribution is -2.60. The summed E-state index contributed by atoms with van der Waals surface area (Å²) in [5, 5.41) is 76.1. The zero-order chi connectivity index (χ0) is 81.8. The number of aliphatic carboxylic acids is 5. The SMILES string of the molecule is CC(C)C[C@H](NC(=O)[C@@H]1CCCN1C(=O)[C@@H](NC(=O)[C@@H]1CCCN1C(=O)[C@H](CCC(=O)O)NC(=O)[C@H](C)N)C(C)C)C(=O)N[C@@H](CCC(=O)O)C(=O)N[C@@H](C)C(=O)N[C@@H](CCC(=O)O)C(=O)N[C@@H](C)C(=O)N[C@@H](CCCCN)C(=O)NCC(=O)N[C@@H](CCCCN)C(=O)N[C@@H](C)C(=O)N[C@@H](CCC(=O)O)C(=O)O. The van der Waals surface area contributed by atoms with Crippen LogP contribution >= 0.6 is 0 Å². The number of unbranched alkanes of at least 4 members (excludes halogenated alkanes) is 2. The molecule has 2 aliphatic rings. The maximum absolute atomic E-state index is 14.5. The molecule has 14 amide bonds. The first kappa shape index (κ1) is 93.9. The predicted octanol–water partition coefficient (Wildman–Crippen LogP) is -5.67. The van der Waals surface area contributed by atoms with Crippen LogP contribution in [0.1, 0.15) is 177 Å². The predicted molar refractivity (Wildman–Crippen MR) is 380 cm³/mol. The Morgan fingerprint density at radius 3 is 1.12 bits per heavy atom. The molecule has 0 unspecified atom stereocenters. The largest absolute Gasteiger partial charge is 0.481 e. The Hall–Kier alpha value is -10.2. The van der Waals surface area contributed by atoms with Crippen LogP contribution in [-0.2, 0) is 91.1 Å². The van der Waals surface area contributed by atoms with E-state index < -0.39 is 255 Å². The Kier molecular flexibility index (Phi) is 41.3. The van der Waals surface area contributed by atoms with E-state index in [1.54, 1.807) is 27.7 Å². The fourth-order valence-corrected chi connectivity index (χ4v) is 11.5. The molecule has 23 N–H and O–H groups in total. The van der Waals surface area contributed by atoms with E-state index in [1.807, 2.05) is 0 Å². The highest BCUT2D eigenvalue weighted by Gasteiger charge is 2.44. The van der Waals surface area contributed by atoms with Crippen LogP contribution in [0.4, 0.5) is 0 Å². The Labute approximate surface area is 624 Å². The van der Waals surface area contributed by atoms with Crippen molar-refractivity contribution in [2.45, 2.75) is 262 Å². The van der Waals surface area contributed by atoms with Crippen LogP contribution < -0.4 is 81.0 Å². The minimum Gasteiger partial charge on any atom is -0.481 e. The molecule has 0 radical (unpaired) electrons. The Balaban J connectivity index is 2.26. The summed E-state index contributed by atoms with van der Waals surface area (Å²) in [5.41, 5.74) is 17.0. The molecule has 608 valence electrons. The minimum atomic E-state index is -1.73. The number of amides is 14. The third-order valence-electron chi connectivity index (χ3n) is 17.6. The van der Waals surface area contributed by atoms with Gasteiger partial charge in [0.15, 0.2) is 0 Å². The van der Waals surface area contributed by atoms with Crippen LogP contribution in [-0.4, -0.2) is 265 Å². The molecule has 14 atom stereocenters. The van der Waals surface area contributed by atoms with Crippen molar-refractivity contribution < 1.29 is 117 Å². The van der Waals surface area contributed by atoms with Crippen molar-refractivity contribution in [3.63, 3.8) is 0 Å². The van der Waals surface area contributed by atoms with E-state index in [0.29, 0.717) is 32.1 Å². The second kappa shape index (κ2) is 47.5. The first-order chi connectivity index (χ1) is 50.6. The lowest BCUT2D eigenvalue weighted by Gasteiger charge is -2.33. The molecule has 0 spiro atoms. The maximum atomic E-state index is 14.5. The molecule has 0 bridgehead atoms. The average Bonchev–Trinajstić information content (AvgIpc) is 1.63. The molecule has 0 aromatic carbocycles. The van der Waals surface area contributed by atoms with E-state index >= 15 is 0 Å². The Bertz CT molecular complexity index is 3190. The molecular weight excluding hydrogens is 1430 g/mol. The van der Waals surface area contributed by atoms with Gasteiger partial charge in [-0.2, -0.15) is 0 Å². The fourth-order valence-electron chi connectivity index (χ4n) is 11.5. The summed E-state index contributed by atoms with van der Waals surface area (Å²) in [6.07, 6.45) is -2.36. The van der Waals surface area contributed by atoms with Crippen molar-refractivity contribution in [1.29, 1.82) is 0 Å². The van der Waals surface area contributed by atoms with Crippen molar-refractivity contribution >= 4 is 113 Å². The highest BCUT2D eigenvalue weighted by molar-refractivity contribution is 6.00. The number of carbonyl (C=O) groups is 19. The van der Waals surface area contributed by atoms with Crippen LogP contribution in [0, 0.1) is 11.8 Å². The van der Waals surface area contributed by atoms with Gasteiger partial charge >= 0.3 is 29.8 Å². The van der Waals surface area contributed by atoms with Crippen molar-refractivity contribution in [1.82, 2.24) is 73.6 Å². The number of carbonyl (C=O) groups excluding carboxylic acids is 14. The van der Waals surface area contributed by atoms with Crippen molar-refractivity contribution in [2.75, 3.05) is 32.7 Å². The third kappa shape index (κ3) is 33.3. The molecule has 108 heavy (non-hydrogen) atoms. The number of likely N-dealkylation sites (tertiary alicyclic amines) is 2. The Morgan fingerprint density at radius 1 is 0.380 bits per heavy atom. The number of hydrogen-bond donors (Lipinski definition) is 20. The number of nitrogens with zero attached hydrogens (tertiary/aromatic N) is 2. The van der Waals surface area contributed by atoms with Gasteiger partial charge in [0.2, 0.25) is 82.7 Å². The van der Waals surface area contributed by atoms with Gasteiger partial charge in [0.25, 0.3) is 0 Å². The van der Waals surface area contributed by atoms with Crippen LogP contribution in [0.5, 0.6) is 0 Å². The van der Waals surface area contributed by atoms with Crippen LogP contribution in [0.25, 0.3) is 0 Å². The molecule has 0 saturated carbocycles. The van der Waals surface area contributed by atoms with Crippen LogP contribution in [0.2, 0.25) is 0 Å². The lowest BCUT2D eigenvalue weighted by atomic mass is 10.00. The maximum Gasteiger partial charge on any atom is 0.326 e. The second-order valence-corrected chi connectivity index (χ2v) is 27.6. The second-order valence-electron chi connectivity index (χ2n) is 27.6. The third-order valence-corrected chi connectivity index (χ3v) is 17.6. The molecule has 2 aliphatic heterocycles. The molecule has 0 aromatic rings. The topological polar surface area (TPSA) is 654 Å². The van der Waals surface area contributed by atoms with Gasteiger partial charge in [-0.05, 0) is 149 Å². The molecule has 41 heteroatoms. The van der Waals surface area contributed by atoms with Crippen LogP contribution in [0.15, 0.2) is 0 Å². The monoisotopic (exact) mass is 1540 g/mol. The van der Waals surface area contributed by atoms with E-state index in [-0.39, 0.29) is 77.0 Å². The fraction of sp³-hybridized carbons (Fsp3) is 0.716. The van der Waals surface area contributed by atoms with Gasteiger partial charge in [-0.25, -0.2) is 4.79 Å². The lowest BCUT2D eigenvalue weighted by molar-refractivity contribution is -0.145. The van der Waals surface area contributed by atoms with Gasteiger partial charge in [0.1, 0.15) is 78.5 Å². The molecule has 2 saturated heterocycles. The van der Waals surface area contributed by atoms with Crippen LogP contribution in [0.3, 0.4) is 0 Å². The summed E-state index contributed by atoms with van der Waals surface area (Å²) in [6, 6.07) is -19.7. The molecule has 2 rings (SSSR count). The zero-order valence-corrected chi connectivity index (χ0v) is 62.3. The molecule has 0 aromatic heterocycles. The Morgan fingerprint density at radius 2 is 0.731 bits per heavy atom. The number of carboxylic acids is 5. The van der Waals surface area contributed by atoms with Crippen molar-refractivity contribution in [3.8, 4) is 0 Å². The first-order valence-corrected chi connectivity index (χ1v) is 36.1. The summed E-state index contributed by atoms with van der Waals surface area (Å²) in [7, 11) is 0. The average molecular weight is 1540 g/mol. The van der Waals surface area contributed by atoms with Gasteiger partial charge in [-0.3, -0.25) is 86.3 Å². The summed E-state index contributed by atoms with van der Waals surface area (Å²) in [4.78, 5) is 252. The van der Waals surface area contributed by atoms with Crippen molar-refractivity contribution in [3.05, 3.63) is 0 Å². The normalized spacial score (nSPS) is 17.3. The first-order valence-electron chi connectivity index (χ1n) is 36.1. The molecular formula is C67H111N17O24. The quantitative estimate of drug-likeness (QED) is 0.0252. The highest BCUT2D eigenvalue weighted by atomic mass is 16.4. The van der Waals surface area contributed by atoms with Gasteiger partial charge in [0.05, 0.1) is 12.6 Å². The summed E-state index contributed by atoms with van der Waals surface area (Å²) in [5.74, 6) is -20.5. The number of nitrogens with two attached hydrogens (primary N) is 3. The minimum absolute atomic E-state index is 0.0131. The number of hydrogen-bond acceptors (Lipinski definition) is 22. The van der Waals surface area contributed by atoms with E-state index in [2.05, 4.69) is 63.8 Å². The number of nitrogens with one attached hydrogen (secondary N) is 12. The number of rotatable bonds is 50.